The van der Waals surface area contributed by atoms with E-state index in [-0.39, 0.29) is 0 Å². The van der Waals surface area contributed by atoms with E-state index >= 15 is 0 Å². The van der Waals surface area contributed by atoms with Crippen molar-refractivity contribution in [1.29, 1.82) is 0 Å². The lowest BCUT2D eigenvalue weighted by atomic mass is 10.1. The fourth-order valence-corrected chi connectivity index (χ4v) is 3.35. The Kier molecular flexibility index (Phi) is 3.98. The summed E-state index contributed by atoms with van der Waals surface area (Å²) < 4.78 is 0. The molecule has 1 unspecified atom stereocenters. The normalized spacial score (nSPS) is 19.4. The van der Waals surface area contributed by atoms with Crippen LogP contribution in [0, 0.1) is 0 Å². The number of hydrogen-bond acceptors (Lipinski definition) is 5. The first-order valence-corrected chi connectivity index (χ1v) is 7.93. The quantitative estimate of drug-likeness (QED) is 0.866. The monoisotopic (exact) mass is 288 g/mol. The second-order valence-corrected chi connectivity index (χ2v) is 6.17. The highest BCUT2D eigenvalue weighted by Gasteiger charge is 2.26. The number of likely N-dealkylation sites (tertiary alicyclic amines) is 1. The van der Waals surface area contributed by atoms with Gasteiger partial charge in [-0.15, -0.1) is 11.3 Å². The molecular formula is C15H20N4S. The average Bonchev–Trinajstić information content (AvgIpc) is 3.11. The largest absolute Gasteiger partial charge is 0.363 e. The van der Waals surface area contributed by atoms with Crippen LogP contribution in [0.1, 0.15) is 30.1 Å². The molecule has 20 heavy (non-hydrogen) atoms. The van der Waals surface area contributed by atoms with Crippen molar-refractivity contribution in [2.24, 2.45) is 0 Å². The van der Waals surface area contributed by atoms with Crippen LogP contribution >= 0.6 is 11.3 Å². The van der Waals surface area contributed by atoms with E-state index < -0.39 is 0 Å². The van der Waals surface area contributed by atoms with Gasteiger partial charge in [0.25, 0.3) is 0 Å². The molecule has 1 fully saturated rings. The summed E-state index contributed by atoms with van der Waals surface area (Å²) >= 11 is 1.67. The average molecular weight is 288 g/mol. The van der Waals surface area contributed by atoms with E-state index in [9.17, 15) is 0 Å². The highest BCUT2D eigenvalue weighted by molar-refractivity contribution is 7.07. The Morgan fingerprint density at radius 2 is 2.30 bits per heavy atom. The van der Waals surface area contributed by atoms with E-state index in [0.717, 1.165) is 18.9 Å². The summed E-state index contributed by atoms with van der Waals surface area (Å²) in [7, 11) is 4.07. The van der Waals surface area contributed by atoms with Crippen LogP contribution in [0.4, 0.5) is 5.82 Å². The van der Waals surface area contributed by atoms with Crippen molar-refractivity contribution in [1.82, 2.24) is 14.9 Å². The zero-order valence-corrected chi connectivity index (χ0v) is 12.8. The third kappa shape index (κ3) is 2.83. The molecule has 0 aliphatic carbocycles. The van der Waals surface area contributed by atoms with Gasteiger partial charge in [0.05, 0.1) is 11.2 Å². The molecular weight excluding hydrogens is 268 g/mol. The molecule has 1 aliphatic rings. The lowest BCUT2D eigenvalue weighted by molar-refractivity contribution is 0.246. The molecule has 1 atom stereocenters. The van der Waals surface area contributed by atoms with Crippen molar-refractivity contribution >= 4 is 17.2 Å². The van der Waals surface area contributed by atoms with Gasteiger partial charge in [0.2, 0.25) is 0 Å². The standard InChI is InChI=1S/C15H20N4S/c1-18(2)15-8-12(5-6-16-15)14-4-3-7-19(14)9-13-10-20-11-17-13/h5-6,8,10-11,14H,3-4,7,9H2,1-2H3. The van der Waals surface area contributed by atoms with Crippen molar-refractivity contribution < 1.29 is 0 Å². The minimum atomic E-state index is 0.499. The Morgan fingerprint density at radius 3 is 3.05 bits per heavy atom. The summed E-state index contributed by atoms with van der Waals surface area (Å²) in [6.07, 6.45) is 4.40. The SMILES string of the molecule is CN(C)c1cc(C2CCCN2Cc2cscn2)ccn1. The van der Waals surface area contributed by atoms with E-state index in [1.807, 2.05) is 25.8 Å². The first-order valence-electron chi connectivity index (χ1n) is 6.98. The lowest BCUT2D eigenvalue weighted by Crippen LogP contribution is -2.23. The molecule has 0 spiro atoms. The smallest absolute Gasteiger partial charge is 0.128 e. The van der Waals surface area contributed by atoms with Gasteiger partial charge >= 0.3 is 0 Å². The van der Waals surface area contributed by atoms with Gasteiger partial charge in [-0.25, -0.2) is 9.97 Å². The Labute approximate surface area is 124 Å². The van der Waals surface area contributed by atoms with E-state index in [1.165, 1.54) is 24.1 Å². The van der Waals surface area contributed by atoms with E-state index in [1.54, 1.807) is 11.3 Å². The number of hydrogen-bond donors (Lipinski definition) is 0. The van der Waals surface area contributed by atoms with Crippen LogP contribution in [0.15, 0.2) is 29.2 Å². The topological polar surface area (TPSA) is 32.3 Å². The van der Waals surface area contributed by atoms with Gasteiger partial charge in [-0.2, -0.15) is 0 Å². The van der Waals surface area contributed by atoms with E-state index in [4.69, 9.17) is 0 Å². The second-order valence-electron chi connectivity index (χ2n) is 5.45. The molecule has 0 aromatic carbocycles. The fourth-order valence-electron chi connectivity index (χ4n) is 2.80. The number of aromatic nitrogens is 2. The number of pyridine rings is 1. The number of nitrogens with zero attached hydrogens (tertiary/aromatic N) is 4. The molecule has 2 aromatic rings. The van der Waals surface area contributed by atoms with Gasteiger partial charge in [-0.1, -0.05) is 0 Å². The molecule has 1 saturated heterocycles. The molecule has 0 N–H and O–H groups in total. The van der Waals surface area contributed by atoms with Crippen molar-refractivity contribution in [3.8, 4) is 0 Å². The molecule has 3 rings (SSSR count). The molecule has 2 aromatic heterocycles. The summed E-state index contributed by atoms with van der Waals surface area (Å²) in [4.78, 5) is 13.4. The predicted octanol–water partition coefficient (Wildman–Crippen LogP) is 2.94. The van der Waals surface area contributed by atoms with Gasteiger partial charge in [0, 0.05) is 38.3 Å². The summed E-state index contributed by atoms with van der Waals surface area (Å²) in [5, 5.41) is 2.15. The van der Waals surface area contributed by atoms with Crippen molar-refractivity contribution in [2.45, 2.75) is 25.4 Å². The zero-order chi connectivity index (χ0) is 13.9. The zero-order valence-electron chi connectivity index (χ0n) is 12.0. The van der Waals surface area contributed by atoms with E-state index in [2.05, 4.69) is 37.3 Å². The van der Waals surface area contributed by atoms with Crippen LogP contribution in [-0.4, -0.2) is 35.5 Å². The maximum atomic E-state index is 4.41. The highest BCUT2D eigenvalue weighted by atomic mass is 32.1. The van der Waals surface area contributed by atoms with Gasteiger partial charge in [0.1, 0.15) is 5.82 Å². The molecule has 0 saturated carbocycles. The molecule has 5 heteroatoms. The summed E-state index contributed by atoms with van der Waals surface area (Å²) in [5.74, 6) is 1.03. The van der Waals surface area contributed by atoms with Gasteiger partial charge < -0.3 is 4.90 Å². The molecule has 4 nitrogen and oxygen atoms in total. The van der Waals surface area contributed by atoms with Crippen molar-refractivity contribution in [3.63, 3.8) is 0 Å². The molecule has 106 valence electrons. The number of anilines is 1. The van der Waals surface area contributed by atoms with Crippen LogP contribution in [0.5, 0.6) is 0 Å². The first-order chi connectivity index (χ1) is 9.74. The second kappa shape index (κ2) is 5.89. The minimum Gasteiger partial charge on any atom is -0.363 e. The first kappa shape index (κ1) is 13.5. The minimum absolute atomic E-state index is 0.499. The molecule has 1 aliphatic heterocycles. The summed E-state index contributed by atoms with van der Waals surface area (Å²) in [5.41, 5.74) is 4.47. The van der Waals surface area contributed by atoms with Crippen LogP contribution < -0.4 is 4.90 Å². The van der Waals surface area contributed by atoms with Gasteiger partial charge in [0.15, 0.2) is 0 Å². The van der Waals surface area contributed by atoms with Crippen molar-refractivity contribution in [3.05, 3.63) is 40.5 Å². The van der Waals surface area contributed by atoms with Crippen molar-refractivity contribution in [2.75, 3.05) is 25.5 Å². The third-order valence-electron chi connectivity index (χ3n) is 3.82. The molecule has 0 bridgehead atoms. The third-order valence-corrected chi connectivity index (χ3v) is 4.46. The van der Waals surface area contributed by atoms with Crippen LogP contribution in [0.25, 0.3) is 0 Å². The van der Waals surface area contributed by atoms with Gasteiger partial charge in [-0.05, 0) is 37.1 Å². The summed E-state index contributed by atoms with van der Waals surface area (Å²) in [6, 6.07) is 4.86. The van der Waals surface area contributed by atoms with E-state index in [0.29, 0.717) is 6.04 Å². The lowest BCUT2D eigenvalue weighted by Gasteiger charge is -2.24. The Balaban J connectivity index is 1.79. The number of rotatable bonds is 4. The number of thiazole rings is 1. The summed E-state index contributed by atoms with van der Waals surface area (Å²) in [6.45, 7) is 2.11. The van der Waals surface area contributed by atoms with Crippen LogP contribution in [0.2, 0.25) is 0 Å². The molecule has 3 heterocycles. The highest BCUT2D eigenvalue weighted by Crippen LogP contribution is 2.33. The predicted molar refractivity (Wildman–Crippen MR) is 83.1 cm³/mol. The Morgan fingerprint density at radius 1 is 1.40 bits per heavy atom. The molecule has 0 amide bonds. The Bertz CT molecular complexity index is 553. The maximum Gasteiger partial charge on any atom is 0.128 e. The molecule has 0 radical (unpaired) electrons. The Hall–Kier alpha value is -1.46. The van der Waals surface area contributed by atoms with Crippen LogP contribution in [-0.2, 0) is 6.54 Å². The maximum absolute atomic E-state index is 4.41. The van der Waals surface area contributed by atoms with Gasteiger partial charge in [-0.3, -0.25) is 4.90 Å². The fraction of sp³-hybridized carbons (Fsp3) is 0.467. The van der Waals surface area contributed by atoms with Crippen LogP contribution in [0.3, 0.4) is 0 Å².